The minimum absolute atomic E-state index is 0.0519. The second-order valence-electron chi connectivity index (χ2n) is 2.13. The molecule has 0 saturated heterocycles. The van der Waals surface area contributed by atoms with Crippen molar-refractivity contribution in [2.24, 2.45) is 0 Å². The highest BCUT2D eigenvalue weighted by molar-refractivity contribution is 6.68. The maximum absolute atomic E-state index is 10.7. The quantitative estimate of drug-likeness (QED) is 0.717. The summed E-state index contributed by atoms with van der Waals surface area (Å²) in [6, 6.07) is 4.54. The Labute approximate surface area is 74.5 Å². The topological polar surface area (TPSA) is 46.5 Å². The summed E-state index contributed by atoms with van der Waals surface area (Å²) < 4.78 is 4.77. The third-order valence-corrected chi connectivity index (χ3v) is 1.63. The Morgan fingerprint density at radius 3 is 2.75 bits per heavy atom. The summed E-state index contributed by atoms with van der Waals surface area (Å²) in [5, 5.41) is 8.63. The molecule has 0 aromatic heterocycles. The molecular weight excluding hydrogens is 180 g/mol. The molecule has 1 aromatic rings. The standard InChI is InChI=1S/C8H7ClO3/c1-12-6-4-2-3-5(7(6)10)8(9)11/h2-4,10H,1H3. The van der Waals surface area contributed by atoms with Crippen molar-refractivity contribution in [3.63, 3.8) is 0 Å². The molecule has 0 heterocycles. The molecule has 0 radical (unpaired) electrons. The summed E-state index contributed by atoms with van der Waals surface area (Å²) >= 11 is 5.18. The fourth-order valence-electron chi connectivity index (χ4n) is 0.846. The van der Waals surface area contributed by atoms with Gasteiger partial charge in [-0.1, -0.05) is 6.07 Å². The number of hydrogen-bond donors (Lipinski definition) is 1. The van der Waals surface area contributed by atoms with Crippen molar-refractivity contribution in [3.8, 4) is 11.5 Å². The summed E-state index contributed by atoms with van der Waals surface area (Å²) in [6.07, 6.45) is 0. The van der Waals surface area contributed by atoms with Gasteiger partial charge in [-0.15, -0.1) is 0 Å². The zero-order chi connectivity index (χ0) is 9.14. The molecule has 0 spiro atoms. The van der Waals surface area contributed by atoms with E-state index in [0.717, 1.165) is 0 Å². The van der Waals surface area contributed by atoms with E-state index in [1.54, 1.807) is 12.1 Å². The van der Waals surface area contributed by atoms with Gasteiger partial charge in [0, 0.05) is 0 Å². The molecule has 0 saturated carbocycles. The van der Waals surface area contributed by atoms with E-state index in [1.807, 2.05) is 0 Å². The Kier molecular flexibility index (Phi) is 2.55. The molecule has 0 unspecified atom stereocenters. The summed E-state index contributed by atoms with van der Waals surface area (Å²) in [7, 11) is 1.40. The molecule has 4 heteroatoms. The number of aromatic hydroxyl groups is 1. The number of methoxy groups -OCH3 is 1. The molecule has 0 aliphatic heterocycles. The molecule has 0 bridgehead atoms. The highest BCUT2D eigenvalue weighted by atomic mass is 35.5. The van der Waals surface area contributed by atoms with Crippen LogP contribution in [0.5, 0.6) is 11.5 Å². The first-order chi connectivity index (χ1) is 5.66. The number of ether oxygens (including phenoxy) is 1. The molecule has 0 atom stereocenters. The molecule has 3 nitrogen and oxygen atoms in total. The molecule has 0 amide bonds. The van der Waals surface area contributed by atoms with E-state index in [2.05, 4.69) is 0 Å². The van der Waals surface area contributed by atoms with E-state index in [1.165, 1.54) is 13.2 Å². The van der Waals surface area contributed by atoms with Crippen molar-refractivity contribution in [3.05, 3.63) is 23.8 Å². The van der Waals surface area contributed by atoms with E-state index in [9.17, 15) is 9.90 Å². The first-order valence-corrected chi connectivity index (χ1v) is 3.60. The number of phenolic OH excluding ortho intramolecular Hbond substituents is 1. The average molecular weight is 187 g/mol. The molecule has 1 N–H and O–H groups in total. The van der Waals surface area contributed by atoms with E-state index < -0.39 is 5.24 Å². The van der Waals surface area contributed by atoms with Crippen molar-refractivity contribution in [1.82, 2.24) is 0 Å². The van der Waals surface area contributed by atoms with Crippen LogP contribution in [0.2, 0.25) is 0 Å². The fourth-order valence-corrected chi connectivity index (χ4v) is 0.998. The highest BCUT2D eigenvalue weighted by Crippen LogP contribution is 2.29. The minimum atomic E-state index is -0.702. The zero-order valence-corrected chi connectivity index (χ0v) is 7.13. The SMILES string of the molecule is COc1cccc(C(=O)Cl)c1O. The van der Waals surface area contributed by atoms with Gasteiger partial charge in [-0.2, -0.15) is 0 Å². The van der Waals surface area contributed by atoms with Gasteiger partial charge in [0.1, 0.15) is 0 Å². The summed E-state index contributed by atoms with van der Waals surface area (Å²) in [5.41, 5.74) is 0.0519. The van der Waals surface area contributed by atoms with E-state index in [0.29, 0.717) is 0 Å². The van der Waals surface area contributed by atoms with E-state index in [4.69, 9.17) is 16.3 Å². The molecular formula is C8H7ClO3. The van der Waals surface area contributed by atoms with Gasteiger partial charge in [-0.3, -0.25) is 4.79 Å². The van der Waals surface area contributed by atoms with Crippen LogP contribution in [0.3, 0.4) is 0 Å². The van der Waals surface area contributed by atoms with Gasteiger partial charge in [0.2, 0.25) is 0 Å². The summed E-state index contributed by atoms with van der Waals surface area (Å²) in [4.78, 5) is 10.7. The average Bonchev–Trinajstić information content (AvgIpc) is 2.04. The second kappa shape index (κ2) is 3.45. The maximum Gasteiger partial charge on any atom is 0.256 e. The van der Waals surface area contributed by atoms with E-state index in [-0.39, 0.29) is 17.1 Å². The van der Waals surface area contributed by atoms with Crippen molar-refractivity contribution in [1.29, 1.82) is 0 Å². The van der Waals surface area contributed by atoms with Crippen LogP contribution in [0.15, 0.2) is 18.2 Å². The predicted molar refractivity (Wildman–Crippen MR) is 44.8 cm³/mol. The number of carbonyl (C=O) groups excluding carboxylic acids is 1. The largest absolute Gasteiger partial charge is 0.504 e. The van der Waals surface area contributed by atoms with Crippen molar-refractivity contribution < 1.29 is 14.6 Å². The normalized spacial score (nSPS) is 9.50. The van der Waals surface area contributed by atoms with E-state index >= 15 is 0 Å². The zero-order valence-electron chi connectivity index (χ0n) is 6.37. The van der Waals surface area contributed by atoms with Crippen LogP contribution in [-0.2, 0) is 0 Å². The monoisotopic (exact) mass is 186 g/mol. The highest BCUT2D eigenvalue weighted by Gasteiger charge is 2.11. The molecule has 0 fully saturated rings. The second-order valence-corrected chi connectivity index (χ2v) is 2.47. The van der Waals surface area contributed by atoms with Gasteiger partial charge in [0.05, 0.1) is 12.7 Å². The van der Waals surface area contributed by atoms with Crippen LogP contribution in [0, 0.1) is 0 Å². The van der Waals surface area contributed by atoms with Gasteiger partial charge in [-0.25, -0.2) is 0 Å². The van der Waals surface area contributed by atoms with Gasteiger partial charge in [0.25, 0.3) is 5.24 Å². The molecule has 0 aliphatic rings. The molecule has 12 heavy (non-hydrogen) atoms. The molecule has 64 valence electrons. The number of benzene rings is 1. The van der Waals surface area contributed by atoms with Crippen LogP contribution >= 0.6 is 11.6 Å². The van der Waals surface area contributed by atoms with Gasteiger partial charge in [-0.05, 0) is 23.7 Å². The van der Waals surface area contributed by atoms with Gasteiger partial charge >= 0.3 is 0 Å². The number of halogens is 1. The van der Waals surface area contributed by atoms with Crippen LogP contribution in [-0.4, -0.2) is 17.5 Å². The van der Waals surface area contributed by atoms with Crippen LogP contribution in [0.25, 0.3) is 0 Å². The fraction of sp³-hybridized carbons (Fsp3) is 0.125. The lowest BCUT2D eigenvalue weighted by Crippen LogP contribution is -1.92. The lowest BCUT2D eigenvalue weighted by atomic mass is 10.2. The minimum Gasteiger partial charge on any atom is -0.504 e. The Bertz CT molecular complexity index is 309. The summed E-state index contributed by atoms with van der Waals surface area (Å²) in [6.45, 7) is 0. The molecule has 0 aliphatic carbocycles. The van der Waals surface area contributed by atoms with Crippen molar-refractivity contribution in [2.75, 3.05) is 7.11 Å². The number of carbonyl (C=O) groups is 1. The number of para-hydroxylation sites is 1. The number of rotatable bonds is 2. The Hall–Kier alpha value is -1.22. The Morgan fingerprint density at radius 2 is 2.25 bits per heavy atom. The lowest BCUT2D eigenvalue weighted by molar-refractivity contribution is 0.107. The third kappa shape index (κ3) is 1.51. The number of hydrogen-bond acceptors (Lipinski definition) is 3. The van der Waals surface area contributed by atoms with Crippen LogP contribution in [0.1, 0.15) is 10.4 Å². The van der Waals surface area contributed by atoms with Crippen LogP contribution in [0.4, 0.5) is 0 Å². The first-order valence-electron chi connectivity index (χ1n) is 3.22. The molecule has 1 rings (SSSR count). The Balaban J connectivity index is 3.23. The predicted octanol–water partition coefficient (Wildman–Crippen LogP) is 1.78. The molecule has 1 aromatic carbocycles. The van der Waals surface area contributed by atoms with Crippen molar-refractivity contribution >= 4 is 16.8 Å². The van der Waals surface area contributed by atoms with Crippen molar-refractivity contribution in [2.45, 2.75) is 0 Å². The smallest absolute Gasteiger partial charge is 0.256 e. The van der Waals surface area contributed by atoms with Gasteiger partial charge < -0.3 is 9.84 Å². The first kappa shape index (κ1) is 8.87. The lowest BCUT2D eigenvalue weighted by Gasteiger charge is -2.04. The third-order valence-electron chi connectivity index (χ3n) is 1.43. The summed E-state index contributed by atoms with van der Waals surface area (Å²) in [5.74, 6) is 0.0153. The van der Waals surface area contributed by atoms with Gasteiger partial charge in [0.15, 0.2) is 11.5 Å². The Morgan fingerprint density at radius 1 is 1.58 bits per heavy atom. The number of phenols is 1. The van der Waals surface area contributed by atoms with Crippen LogP contribution < -0.4 is 4.74 Å². The maximum atomic E-state index is 10.7.